The monoisotopic (exact) mass is 409 g/mol. The molecule has 1 aliphatic heterocycles. The van der Waals surface area contributed by atoms with Crippen molar-refractivity contribution >= 4 is 6.08 Å². The van der Waals surface area contributed by atoms with Crippen LogP contribution in [0.4, 0.5) is 0 Å². The molecule has 0 aromatic heterocycles. The first-order valence-electron chi connectivity index (χ1n) is 9.79. The van der Waals surface area contributed by atoms with Crippen LogP contribution in [0, 0.1) is 0 Å². The Hall–Kier alpha value is -2.99. The van der Waals surface area contributed by atoms with Crippen LogP contribution in [0.3, 0.4) is 0 Å². The standard InChI is InChI=1S/C23H27N3O4/c1-23(2)29-21(14-9-16-5-10-18(27-3)11-6-16)22(30-23)20(25-26-24)15-17-7-12-19(28-4)13-8-17/h5-14,20-22H,15H2,1-4H3/b14-9+/t20-,21+,22+/m1/s1. The molecule has 3 atom stereocenters. The smallest absolute Gasteiger partial charge is 0.164 e. The van der Waals surface area contributed by atoms with Crippen molar-refractivity contribution in [1.82, 2.24) is 0 Å². The second-order valence-corrected chi connectivity index (χ2v) is 7.52. The summed E-state index contributed by atoms with van der Waals surface area (Å²) in [5.41, 5.74) is 11.2. The highest BCUT2D eigenvalue weighted by Gasteiger charge is 2.43. The van der Waals surface area contributed by atoms with Crippen LogP contribution < -0.4 is 9.47 Å². The Morgan fingerprint density at radius 3 is 2.20 bits per heavy atom. The number of benzene rings is 2. The average Bonchev–Trinajstić information content (AvgIpc) is 3.07. The van der Waals surface area contributed by atoms with Crippen molar-refractivity contribution in [2.24, 2.45) is 5.11 Å². The first kappa shape index (κ1) is 21.7. The summed E-state index contributed by atoms with van der Waals surface area (Å²) in [6, 6.07) is 15.0. The number of rotatable bonds is 8. The van der Waals surface area contributed by atoms with Gasteiger partial charge in [0.1, 0.15) is 17.6 Å². The average molecular weight is 409 g/mol. The summed E-state index contributed by atoms with van der Waals surface area (Å²) in [4.78, 5) is 3.06. The Labute approximate surface area is 176 Å². The highest BCUT2D eigenvalue weighted by molar-refractivity contribution is 5.51. The van der Waals surface area contributed by atoms with Crippen LogP contribution in [0.5, 0.6) is 11.5 Å². The minimum absolute atomic E-state index is 0.351. The third-order valence-corrected chi connectivity index (χ3v) is 4.94. The number of hydrogen-bond donors (Lipinski definition) is 0. The lowest BCUT2D eigenvalue weighted by atomic mass is 9.97. The lowest BCUT2D eigenvalue weighted by molar-refractivity contribution is -0.144. The van der Waals surface area contributed by atoms with Gasteiger partial charge in [0.15, 0.2) is 5.79 Å². The first-order chi connectivity index (χ1) is 14.4. The van der Waals surface area contributed by atoms with Crippen LogP contribution in [0.15, 0.2) is 59.7 Å². The zero-order valence-electron chi connectivity index (χ0n) is 17.7. The van der Waals surface area contributed by atoms with E-state index >= 15 is 0 Å². The Morgan fingerprint density at radius 2 is 1.63 bits per heavy atom. The number of azide groups is 1. The number of hydrogen-bond acceptors (Lipinski definition) is 5. The van der Waals surface area contributed by atoms with Crippen molar-refractivity contribution < 1.29 is 18.9 Å². The fourth-order valence-corrected chi connectivity index (χ4v) is 3.48. The summed E-state index contributed by atoms with van der Waals surface area (Å²) < 4.78 is 22.6. The van der Waals surface area contributed by atoms with Gasteiger partial charge in [-0.25, -0.2) is 0 Å². The van der Waals surface area contributed by atoms with Crippen molar-refractivity contribution in [2.45, 2.75) is 44.3 Å². The molecule has 7 heteroatoms. The molecular weight excluding hydrogens is 382 g/mol. The van der Waals surface area contributed by atoms with Gasteiger partial charge in [0.25, 0.3) is 0 Å². The maximum atomic E-state index is 9.14. The van der Waals surface area contributed by atoms with E-state index in [1.165, 1.54) is 0 Å². The van der Waals surface area contributed by atoms with E-state index in [0.29, 0.717) is 6.42 Å². The quantitative estimate of drug-likeness (QED) is 0.342. The van der Waals surface area contributed by atoms with Gasteiger partial charge >= 0.3 is 0 Å². The van der Waals surface area contributed by atoms with Crippen molar-refractivity contribution in [3.63, 3.8) is 0 Å². The molecule has 0 saturated carbocycles. The lowest BCUT2D eigenvalue weighted by Crippen LogP contribution is -2.34. The first-order valence-corrected chi connectivity index (χ1v) is 9.79. The molecule has 1 aliphatic rings. The van der Waals surface area contributed by atoms with Crippen molar-refractivity contribution in [1.29, 1.82) is 0 Å². The van der Waals surface area contributed by atoms with Crippen molar-refractivity contribution in [3.05, 3.63) is 76.2 Å². The van der Waals surface area contributed by atoms with Gasteiger partial charge in [-0.15, -0.1) is 0 Å². The van der Waals surface area contributed by atoms with E-state index < -0.39 is 17.9 Å². The van der Waals surface area contributed by atoms with Gasteiger partial charge in [0.05, 0.1) is 26.4 Å². The van der Waals surface area contributed by atoms with Crippen LogP contribution in [0.1, 0.15) is 25.0 Å². The lowest BCUT2D eigenvalue weighted by Gasteiger charge is -2.22. The van der Waals surface area contributed by atoms with E-state index in [-0.39, 0.29) is 6.10 Å². The molecule has 0 amide bonds. The van der Waals surface area contributed by atoms with Gasteiger partial charge in [0, 0.05) is 4.91 Å². The summed E-state index contributed by atoms with van der Waals surface area (Å²) in [6.07, 6.45) is 3.70. The molecule has 158 valence electrons. The molecule has 0 radical (unpaired) electrons. The summed E-state index contributed by atoms with van der Waals surface area (Å²) >= 11 is 0. The molecule has 0 aliphatic carbocycles. The van der Waals surface area contributed by atoms with Crippen LogP contribution >= 0.6 is 0 Å². The third-order valence-electron chi connectivity index (χ3n) is 4.94. The SMILES string of the molecule is COc1ccc(/C=C/[C@@H]2OC(C)(C)O[C@H]2[C@@H](Cc2ccc(OC)cc2)N=[N+]=[N-])cc1. The predicted molar refractivity (Wildman–Crippen MR) is 115 cm³/mol. The number of ether oxygens (including phenoxy) is 4. The van der Waals surface area contributed by atoms with Crippen molar-refractivity contribution in [3.8, 4) is 11.5 Å². The molecular formula is C23H27N3O4. The molecule has 0 bridgehead atoms. The van der Waals surface area contributed by atoms with Crippen LogP contribution in [-0.2, 0) is 15.9 Å². The Balaban J connectivity index is 1.80. The zero-order valence-corrected chi connectivity index (χ0v) is 17.7. The summed E-state index contributed by atoms with van der Waals surface area (Å²) in [5.74, 6) is 0.804. The van der Waals surface area contributed by atoms with Crippen LogP contribution in [-0.4, -0.2) is 38.3 Å². The molecule has 1 saturated heterocycles. The number of methoxy groups -OCH3 is 2. The Kier molecular flexibility index (Phi) is 7.00. The van der Waals surface area contributed by atoms with Crippen LogP contribution in [0.25, 0.3) is 16.5 Å². The Morgan fingerprint density at radius 1 is 1.03 bits per heavy atom. The van der Waals surface area contributed by atoms with Crippen molar-refractivity contribution in [2.75, 3.05) is 14.2 Å². The van der Waals surface area contributed by atoms with E-state index in [1.54, 1.807) is 14.2 Å². The van der Waals surface area contributed by atoms with Crippen LogP contribution in [0.2, 0.25) is 0 Å². The maximum absolute atomic E-state index is 9.14. The minimum Gasteiger partial charge on any atom is -0.497 e. The zero-order chi connectivity index (χ0) is 21.6. The van der Waals surface area contributed by atoms with E-state index in [4.69, 9.17) is 24.5 Å². The normalized spacial score (nSPS) is 21.2. The number of nitrogens with zero attached hydrogens (tertiary/aromatic N) is 3. The Bertz CT molecular complexity index is 903. The molecule has 3 rings (SSSR count). The maximum Gasteiger partial charge on any atom is 0.164 e. The van der Waals surface area contributed by atoms with Gasteiger partial charge < -0.3 is 18.9 Å². The predicted octanol–water partition coefficient (Wildman–Crippen LogP) is 5.16. The molecule has 0 N–H and O–H groups in total. The van der Waals surface area contributed by atoms with E-state index in [9.17, 15) is 0 Å². The highest BCUT2D eigenvalue weighted by atomic mass is 16.8. The molecule has 0 unspecified atom stereocenters. The van der Waals surface area contributed by atoms with E-state index in [2.05, 4.69) is 10.0 Å². The molecule has 30 heavy (non-hydrogen) atoms. The molecule has 1 fully saturated rings. The highest BCUT2D eigenvalue weighted by Crippen LogP contribution is 2.33. The molecule has 2 aromatic rings. The minimum atomic E-state index is -0.775. The topological polar surface area (TPSA) is 85.7 Å². The van der Waals surface area contributed by atoms with Gasteiger partial charge in [-0.1, -0.05) is 41.5 Å². The summed E-state index contributed by atoms with van der Waals surface area (Å²) in [5, 5.41) is 4.03. The fraction of sp³-hybridized carbons (Fsp3) is 0.391. The molecule has 7 nitrogen and oxygen atoms in total. The van der Waals surface area contributed by atoms with E-state index in [1.807, 2.05) is 74.5 Å². The third kappa shape index (κ3) is 5.54. The fourth-order valence-electron chi connectivity index (χ4n) is 3.48. The van der Waals surface area contributed by atoms with Gasteiger partial charge in [-0.05, 0) is 61.2 Å². The molecule has 2 aromatic carbocycles. The second kappa shape index (κ2) is 9.67. The summed E-state index contributed by atoms with van der Waals surface area (Å²) in [6.45, 7) is 3.73. The van der Waals surface area contributed by atoms with E-state index in [0.717, 1.165) is 22.6 Å². The van der Waals surface area contributed by atoms with Gasteiger partial charge in [-0.3, -0.25) is 0 Å². The molecule has 1 heterocycles. The van der Waals surface area contributed by atoms with Gasteiger partial charge in [-0.2, -0.15) is 0 Å². The largest absolute Gasteiger partial charge is 0.497 e. The molecule has 0 spiro atoms. The summed E-state index contributed by atoms with van der Waals surface area (Å²) in [7, 11) is 3.27. The second-order valence-electron chi connectivity index (χ2n) is 7.52. The van der Waals surface area contributed by atoms with Gasteiger partial charge in [0.2, 0.25) is 0 Å².